The number of hydrogen-bond donors (Lipinski definition) is 0. The highest BCUT2D eigenvalue weighted by molar-refractivity contribution is 8.14. The van der Waals surface area contributed by atoms with Crippen LogP contribution in [0, 0.1) is 11.3 Å². The van der Waals surface area contributed by atoms with Crippen LogP contribution in [-0.2, 0) is 4.52 Å². The summed E-state index contributed by atoms with van der Waals surface area (Å²) in [6, 6.07) is 21.6. The third-order valence-corrected chi connectivity index (χ3v) is 7.75. The summed E-state index contributed by atoms with van der Waals surface area (Å²) in [6.45, 7) is 11.3. The Morgan fingerprint density at radius 3 is 1.89 bits per heavy atom. The second-order valence-corrected chi connectivity index (χ2v) is 11.3. The van der Waals surface area contributed by atoms with E-state index in [0.717, 1.165) is 5.75 Å². The van der Waals surface area contributed by atoms with Crippen molar-refractivity contribution in [2.75, 3.05) is 5.75 Å². The van der Waals surface area contributed by atoms with Gasteiger partial charge in [0.2, 0.25) is 0 Å². The molecule has 0 saturated carbocycles. The van der Waals surface area contributed by atoms with E-state index in [9.17, 15) is 0 Å². The highest BCUT2D eigenvalue weighted by Crippen LogP contribution is 2.43. The van der Waals surface area contributed by atoms with Crippen molar-refractivity contribution in [1.29, 1.82) is 0 Å². The van der Waals surface area contributed by atoms with Crippen LogP contribution in [-0.4, -0.2) is 22.9 Å². The molecule has 2 aromatic rings. The van der Waals surface area contributed by atoms with Crippen molar-refractivity contribution in [2.24, 2.45) is 16.3 Å². The Labute approximate surface area is 169 Å². The van der Waals surface area contributed by atoms with Crippen LogP contribution in [0.1, 0.15) is 34.6 Å². The summed E-state index contributed by atoms with van der Waals surface area (Å²) in [6.07, 6.45) is -0.00206. The maximum atomic E-state index is 6.91. The van der Waals surface area contributed by atoms with E-state index in [2.05, 4.69) is 95.3 Å². The Morgan fingerprint density at radius 1 is 0.963 bits per heavy atom. The quantitative estimate of drug-likeness (QED) is 0.587. The third-order valence-electron chi connectivity index (χ3n) is 4.67. The lowest BCUT2D eigenvalue weighted by atomic mass is 9.90. The lowest BCUT2D eigenvalue weighted by molar-refractivity contribution is 0.167. The first-order valence-electron chi connectivity index (χ1n) is 9.64. The average Bonchev–Trinajstić information content (AvgIpc) is 3.13. The highest BCUT2D eigenvalue weighted by Gasteiger charge is 2.37. The molecule has 144 valence electrons. The monoisotopic (exact) mass is 399 g/mol. The summed E-state index contributed by atoms with van der Waals surface area (Å²) in [7, 11) is -0.894. The first-order chi connectivity index (χ1) is 12.9. The fourth-order valence-corrected chi connectivity index (χ4v) is 6.66. The van der Waals surface area contributed by atoms with Crippen LogP contribution < -0.4 is 10.6 Å². The number of aliphatic imine (C=N–C) groups is 1. The molecule has 0 aliphatic carbocycles. The largest absolute Gasteiger partial charge is 0.339 e. The van der Waals surface area contributed by atoms with Crippen LogP contribution in [0.25, 0.3) is 0 Å². The Balaban J connectivity index is 1.95. The standard InChI is InChI=1S/C23H30NOPS/c1-17(2)20-16-27-22(24-20)21(23(3,4)5)25-26(18-12-8-6-9-13-18)19-14-10-7-11-15-19/h6-15,17,20-21H,16H2,1-5H3/t20-,21+/m1/s1. The number of nitrogens with zero attached hydrogens (tertiary/aromatic N) is 1. The summed E-state index contributed by atoms with van der Waals surface area (Å²) in [5.74, 6) is 1.64. The van der Waals surface area contributed by atoms with E-state index in [4.69, 9.17) is 9.52 Å². The predicted octanol–water partition coefficient (Wildman–Crippen LogP) is 5.64. The van der Waals surface area contributed by atoms with E-state index in [0.29, 0.717) is 12.0 Å². The van der Waals surface area contributed by atoms with Crippen molar-refractivity contribution in [3.63, 3.8) is 0 Å². The van der Waals surface area contributed by atoms with Crippen LogP contribution >= 0.6 is 19.9 Å². The zero-order valence-corrected chi connectivity index (χ0v) is 18.6. The summed E-state index contributed by atoms with van der Waals surface area (Å²) in [5.41, 5.74) is -0.0121. The molecule has 2 atom stereocenters. The smallest absolute Gasteiger partial charge is 0.115 e. The van der Waals surface area contributed by atoms with Crippen LogP contribution in [0.15, 0.2) is 65.7 Å². The minimum Gasteiger partial charge on any atom is -0.339 e. The van der Waals surface area contributed by atoms with Gasteiger partial charge in [-0.2, -0.15) is 0 Å². The van der Waals surface area contributed by atoms with E-state index < -0.39 is 8.15 Å². The molecule has 2 nitrogen and oxygen atoms in total. The van der Waals surface area contributed by atoms with Gasteiger partial charge < -0.3 is 4.52 Å². The van der Waals surface area contributed by atoms with Crippen LogP contribution in [0.5, 0.6) is 0 Å². The van der Waals surface area contributed by atoms with Crippen LogP contribution in [0.4, 0.5) is 0 Å². The van der Waals surface area contributed by atoms with Crippen molar-refractivity contribution < 1.29 is 4.52 Å². The molecule has 0 fully saturated rings. The van der Waals surface area contributed by atoms with Gasteiger partial charge in [-0.05, 0) is 11.3 Å². The van der Waals surface area contributed by atoms with Crippen LogP contribution in [0.3, 0.4) is 0 Å². The Hall–Kier alpha value is -1.15. The molecule has 0 aromatic heterocycles. The minimum absolute atomic E-state index is 0.00206. The van der Waals surface area contributed by atoms with Crippen molar-refractivity contribution in [1.82, 2.24) is 0 Å². The fraction of sp³-hybridized carbons (Fsp3) is 0.435. The predicted molar refractivity (Wildman–Crippen MR) is 122 cm³/mol. The van der Waals surface area contributed by atoms with E-state index in [-0.39, 0.29) is 11.5 Å². The number of thioether (sulfide) groups is 1. The van der Waals surface area contributed by atoms with E-state index in [1.807, 2.05) is 11.8 Å². The molecule has 3 rings (SSSR count). The molecule has 0 bridgehead atoms. The summed E-state index contributed by atoms with van der Waals surface area (Å²) < 4.78 is 6.91. The topological polar surface area (TPSA) is 21.6 Å². The molecule has 4 heteroatoms. The second kappa shape index (κ2) is 8.90. The molecule has 0 saturated heterocycles. The number of benzene rings is 2. The van der Waals surface area contributed by atoms with Gasteiger partial charge in [0.05, 0.1) is 19.2 Å². The second-order valence-electron chi connectivity index (χ2n) is 8.41. The summed E-state index contributed by atoms with van der Waals surface area (Å²) in [5, 5.41) is 3.66. The van der Waals surface area contributed by atoms with Crippen molar-refractivity contribution in [3.05, 3.63) is 60.7 Å². The van der Waals surface area contributed by atoms with Gasteiger partial charge in [-0.15, -0.1) is 11.8 Å². The molecular weight excluding hydrogens is 369 g/mol. The minimum atomic E-state index is -0.894. The normalized spacial score (nSPS) is 18.8. The lowest BCUT2D eigenvalue weighted by Gasteiger charge is -2.34. The molecule has 1 heterocycles. The zero-order chi connectivity index (χ0) is 19.4. The van der Waals surface area contributed by atoms with E-state index in [1.54, 1.807) is 0 Å². The van der Waals surface area contributed by atoms with Gasteiger partial charge in [0.15, 0.2) is 0 Å². The molecule has 0 unspecified atom stereocenters. The van der Waals surface area contributed by atoms with Gasteiger partial charge in [0.1, 0.15) is 6.10 Å². The first kappa shape index (κ1) is 20.6. The SMILES string of the molecule is CC(C)[C@H]1CSC([C@H](OP(c2ccccc2)c2ccccc2)C(C)(C)C)=N1. The van der Waals surface area contributed by atoms with Gasteiger partial charge in [-0.25, -0.2) is 0 Å². The van der Waals surface area contributed by atoms with Crippen LogP contribution in [0.2, 0.25) is 0 Å². The van der Waals surface area contributed by atoms with E-state index in [1.165, 1.54) is 15.7 Å². The van der Waals surface area contributed by atoms with Gasteiger partial charge in [-0.3, -0.25) is 4.99 Å². The molecule has 0 radical (unpaired) electrons. The van der Waals surface area contributed by atoms with Gasteiger partial charge in [0.25, 0.3) is 0 Å². The summed E-state index contributed by atoms with van der Waals surface area (Å²) >= 11 is 1.88. The Bertz CT molecular complexity index is 715. The summed E-state index contributed by atoms with van der Waals surface area (Å²) in [4.78, 5) is 5.06. The number of hydrogen-bond acceptors (Lipinski definition) is 3. The highest BCUT2D eigenvalue weighted by atomic mass is 32.2. The molecule has 1 aliphatic rings. The maximum Gasteiger partial charge on any atom is 0.115 e. The fourth-order valence-electron chi connectivity index (χ4n) is 2.97. The Morgan fingerprint density at radius 2 is 1.48 bits per heavy atom. The van der Waals surface area contributed by atoms with Gasteiger partial charge in [-0.1, -0.05) is 95.3 Å². The number of rotatable bonds is 6. The van der Waals surface area contributed by atoms with Crippen molar-refractivity contribution in [2.45, 2.75) is 46.8 Å². The third kappa shape index (κ3) is 5.22. The van der Waals surface area contributed by atoms with Gasteiger partial charge in [0, 0.05) is 16.4 Å². The molecule has 2 aromatic carbocycles. The zero-order valence-electron chi connectivity index (χ0n) is 16.9. The lowest BCUT2D eigenvalue weighted by Crippen LogP contribution is -2.36. The molecule has 0 spiro atoms. The molecule has 0 amide bonds. The van der Waals surface area contributed by atoms with Crippen molar-refractivity contribution >= 4 is 35.6 Å². The molecule has 0 N–H and O–H groups in total. The maximum absolute atomic E-state index is 6.91. The van der Waals surface area contributed by atoms with E-state index >= 15 is 0 Å². The molecule has 1 aliphatic heterocycles. The molecule has 27 heavy (non-hydrogen) atoms. The van der Waals surface area contributed by atoms with Crippen molar-refractivity contribution in [3.8, 4) is 0 Å². The Kier molecular flexibility index (Phi) is 6.78. The molecular formula is C23H30NOPS. The van der Waals surface area contributed by atoms with Gasteiger partial charge >= 0.3 is 0 Å². The average molecular weight is 400 g/mol. The first-order valence-corrected chi connectivity index (χ1v) is 11.9.